The first-order valence-electron chi connectivity index (χ1n) is 5.04. The van der Waals surface area contributed by atoms with Gasteiger partial charge < -0.3 is 15.8 Å². The monoisotopic (exact) mass is 262 g/mol. The fourth-order valence-corrected chi connectivity index (χ4v) is 1.40. The number of carbonyl (C=O) groups excluding carboxylic acids is 1. The van der Waals surface area contributed by atoms with Crippen LogP contribution in [0.25, 0.3) is 0 Å². The van der Waals surface area contributed by atoms with Crippen LogP contribution in [0.1, 0.15) is 12.5 Å². The minimum Gasteiger partial charge on any atom is -0.406 e. The Labute approximate surface area is 102 Å². The Bertz CT molecular complexity index is 431. The summed E-state index contributed by atoms with van der Waals surface area (Å²) in [5, 5.41) is 2.72. The standard InChI is InChI=1S/C11H13F3N2O2/c1-10(16-2,9(15)17)7-3-5-8(6-4-7)18-11(12,13)14/h3-6,16H,1-2H3,(H2,15,17). The largest absolute Gasteiger partial charge is 0.573 e. The maximum Gasteiger partial charge on any atom is 0.573 e. The summed E-state index contributed by atoms with van der Waals surface area (Å²) in [5.41, 5.74) is 4.55. The molecule has 1 rings (SSSR count). The van der Waals surface area contributed by atoms with E-state index in [4.69, 9.17) is 5.73 Å². The molecule has 1 unspecified atom stereocenters. The number of benzene rings is 1. The second-order valence-electron chi connectivity index (χ2n) is 3.81. The lowest BCUT2D eigenvalue weighted by atomic mass is 9.91. The molecule has 0 saturated heterocycles. The van der Waals surface area contributed by atoms with E-state index in [0.717, 1.165) is 12.1 Å². The van der Waals surface area contributed by atoms with Crippen LogP contribution in [0.15, 0.2) is 24.3 Å². The first-order valence-corrected chi connectivity index (χ1v) is 5.04. The fraction of sp³-hybridized carbons (Fsp3) is 0.364. The molecule has 1 aromatic carbocycles. The van der Waals surface area contributed by atoms with Crippen LogP contribution in [0, 0.1) is 0 Å². The molecule has 0 bridgehead atoms. The third-order valence-electron chi connectivity index (χ3n) is 2.66. The maximum absolute atomic E-state index is 12.0. The Morgan fingerprint density at radius 3 is 2.11 bits per heavy atom. The molecule has 0 radical (unpaired) electrons. The molecule has 0 spiro atoms. The van der Waals surface area contributed by atoms with Crippen molar-refractivity contribution in [2.45, 2.75) is 18.8 Å². The molecule has 3 N–H and O–H groups in total. The highest BCUT2D eigenvalue weighted by Gasteiger charge is 2.33. The number of amides is 1. The second-order valence-corrected chi connectivity index (χ2v) is 3.81. The Balaban J connectivity index is 2.99. The number of nitrogens with two attached hydrogens (primary N) is 1. The first-order chi connectivity index (χ1) is 8.19. The van der Waals surface area contributed by atoms with Crippen molar-refractivity contribution in [2.75, 3.05) is 7.05 Å². The van der Waals surface area contributed by atoms with Crippen molar-refractivity contribution in [1.82, 2.24) is 5.32 Å². The number of rotatable bonds is 4. The molecule has 1 amide bonds. The zero-order valence-electron chi connectivity index (χ0n) is 9.84. The molecule has 0 aliphatic carbocycles. The molecule has 0 saturated carbocycles. The number of ether oxygens (including phenoxy) is 1. The van der Waals surface area contributed by atoms with Gasteiger partial charge in [0.25, 0.3) is 0 Å². The number of nitrogens with one attached hydrogen (secondary N) is 1. The summed E-state index contributed by atoms with van der Waals surface area (Å²) in [7, 11) is 1.53. The van der Waals surface area contributed by atoms with Gasteiger partial charge in [0.2, 0.25) is 5.91 Å². The van der Waals surface area contributed by atoms with E-state index in [0.29, 0.717) is 5.56 Å². The summed E-state index contributed by atoms with van der Waals surface area (Å²) in [4.78, 5) is 11.3. The van der Waals surface area contributed by atoms with Gasteiger partial charge in [-0.2, -0.15) is 0 Å². The lowest BCUT2D eigenvalue weighted by Gasteiger charge is -2.26. The normalized spacial score (nSPS) is 14.9. The van der Waals surface area contributed by atoms with Crippen molar-refractivity contribution >= 4 is 5.91 Å². The highest BCUT2D eigenvalue weighted by atomic mass is 19.4. The second kappa shape index (κ2) is 4.85. The summed E-state index contributed by atoms with van der Waals surface area (Å²) < 4.78 is 39.6. The number of alkyl halides is 3. The molecular formula is C11H13F3N2O2. The van der Waals surface area contributed by atoms with Gasteiger partial charge in [-0.05, 0) is 31.7 Å². The van der Waals surface area contributed by atoms with E-state index in [1.54, 1.807) is 0 Å². The summed E-state index contributed by atoms with van der Waals surface area (Å²) >= 11 is 0. The molecule has 1 atom stereocenters. The van der Waals surface area contributed by atoms with Gasteiger partial charge in [-0.25, -0.2) is 0 Å². The van der Waals surface area contributed by atoms with Crippen LogP contribution < -0.4 is 15.8 Å². The van der Waals surface area contributed by atoms with E-state index in [9.17, 15) is 18.0 Å². The summed E-state index contributed by atoms with van der Waals surface area (Å²) in [6.07, 6.45) is -4.74. The number of likely N-dealkylation sites (N-methyl/N-ethyl adjacent to an activating group) is 1. The first kappa shape index (κ1) is 14.3. The molecule has 7 heteroatoms. The average molecular weight is 262 g/mol. The number of hydrogen-bond donors (Lipinski definition) is 2. The van der Waals surface area contributed by atoms with Gasteiger partial charge in [0, 0.05) is 0 Å². The van der Waals surface area contributed by atoms with E-state index in [2.05, 4.69) is 10.1 Å². The number of hydrogen-bond acceptors (Lipinski definition) is 3. The zero-order chi connectivity index (χ0) is 14.0. The number of primary amides is 1. The van der Waals surface area contributed by atoms with Crippen LogP contribution >= 0.6 is 0 Å². The average Bonchev–Trinajstić information content (AvgIpc) is 2.26. The fourth-order valence-electron chi connectivity index (χ4n) is 1.40. The van der Waals surface area contributed by atoms with Gasteiger partial charge in [0.15, 0.2) is 0 Å². The SMILES string of the molecule is CNC(C)(C(N)=O)c1ccc(OC(F)(F)F)cc1. The Morgan fingerprint density at radius 1 is 1.28 bits per heavy atom. The Hall–Kier alpha value is -1.76. The Kier molecular flexibility index (Phi) is 3.85. The van der Waals surface area contributed by atoms with Gasteiger partial charge in [0.05, 0.1) is 0 Å². The molecule has 18 heavy (non-hydrogen) atoms. The van der Waals surface area contributed by atoms with Crippen LogP contribution in [0.2, 0.25) is 0 Å². The summed E-state index contributed by atoms with van der Waals surface area (Å²) in [6.45, 7) is 1.54. The highest BCUT2D eigenvalue weighted by molar-refractivity contribution is 5.85. The number of carbonyl (C=O) groups is 1. The molecule has 4 nitrogen and oxygen atoms in total. The number of halogens is 3. The predicted molar refractivity (Wildman–Crippen MR) is 58.7 cm³/mol. The lowest BCUT2D eigenvalue weighted by molar-refractivity contribution is -0.274. The van der Waals surface area contributed by atoms with Crippen LogP contribution in [-0.2, 0) is 10.3 Å². The molecule has 0 heterocycles. The van der Waals surface area contributed by atoms with Crippen LogP contribution in [-0.4, -0.2) is 19.3 Å². The maximum atomic E-state index is 12.0. The lowest BCUT2D eigenvalue weighted by Crippen LogP contribution is -2.48. The molecule has 1 aromatic rings. The predicted octanol–water partition coefficient (Wildman–Crippen LogP) is 1.51. The smallest absolute Gasteiger partial charge is 0.406 e. The van der Waals surface area contributed by atoms with Crippen molar-refractivity contribution in [2.24, 2.45) is 5.73 Å². The van der Waals surface area contributed by atoms with Crippen molar-refractivity contribution < 1.29 is 22.7 Å². The van der Waals surface area contributed by atoms with Gasteiger partial charge in [-0.3, -0.25) is 4.79 Å². The van der Waals surface area contributed by atoms with Crippen LogP contribution in [0.4, 0.5) is 13.2 Å². The Morgan fingerprint density at radius 2 is 1.78 bits per heavy atom. The third-order valence-corrected chi connectivity index (χ3v) is 2.66. The molecule has 100 valence electrons. The van der Waals surface area contributed by atoms with E-state index in [-0.39, 0.29) is 5.75 Å². The van der Waals surface area contributed by atoms with Crippen LogP contribution in [0.5, 0.6) is 5.75 Å². The summed E-state index contributed by atoms with van der Waals surface area (Å²) in [6, 6.07) is 4.95. The van der Waals surface area contributed by atoms with Gasteiger partial charge >= 0.3 is 6.36 Å². The molecule has 0 aromatic heterocycles. The van der Waals surface area contributed by atoms with E-state index in [1.165, 1.54) is 26.1 Å². The quantitative estimate of drug-likeness (QED) is 0.864. The van der Waals surface area contributed by atoms with E-state index >= 15 is 0 Å². The van der Waals surface area contributed by atoms with Crippen molar-refractivity contribution in [1.29, 1.82) is 0 Å². The van der Waals surface area contributed by atoms with Crippen molar-refractivity contribution in [3.8, 4) is 5.75 Å². The highest BCUT2D eigenvalue weighted by Crippen LogP contribution is 2.26. The molecular weight excluding hydrogens is 249 g/mol. The minimum atomic E-state index is -4.74. The topological polar surface area (TPSA) is 64.3 Å². The van der Waals surface area contributed by atoms with E-state index < -0.39 is 17.8 Å². The van der Waals surface area contributed by atoms with Gasteiger partial charge in [-0.15, -0.1) is 13.2 Å². The summed E-state index contributed by atoms with van der Waals surface area (Å²) in [5.74, 6) is -0.983. The van der Waals surface area contributed by atoms with E-state index in [1.807, 2.05) is 0 Å². The third kappa shape index (κ3) is 3.13. The molecule has 0 aliphatic heterocycles. The van der Waals surface area contributed by atoms with Crippen molar-refractivity contribution in [3.05, 3.63) is 29.8 Å². The van der Waals surface area contributed by atoms with Gasteiger partial charge in [0.1, 0.15) is 11.3 Å². The minimum absolute atomic E-state index is 0.353. The van der Waals surface area contributed by atoms with Crippen molar-refractivity contribution in [3.63, 3.8) is 0 Å². The molecule has 0 aliphatic rings. The van der Waals surface area contributed by atoms with Gasteiger partial charge in [-0.1, -0.05) is 12.1 Å². The molecule has 0 fully saturated rings. The zero-order valence-corrected chi connectivity index (χ0v) is 9.84. The van der Waals surface area contributed by atoms with Crippen LogP contribution in [0.3, 0.4) is 0 Å².